The van der Waals surface area contributed by atoms with Crippen molar-refractivity contribution in [2.24, 2.45) is 7.05 Å². The molecular formula is C14H15ClN4O3S. The minimum absolute atomic E-state index is 0.0688. The Bertz CT molecular complexity index is 843. The average Bonchev–Trinajstić information content (AvgIpc) is 2.86. The average molecular weight is 355 g/mol. The normalized spacial score (nSPS) is 15.5. The van der Waals surface area contributed by atoms with Crippen LogP contribution in [0.3, 0.4) is 0 Å². The molecule has 3 rings (SSSR count). The fraction of sp³-hybridized carbons (Fsp3) is 0.357. The molecule has 0 radical (unpaired) electrons. The van der Waals surface area contributed by atoms with Crippen LogP contribution in [0.4, 0.5) is 0 Å². The number of hydrogen-bond donors (Lipinski definition) is 0. The molecule has 2 aromatic rings. The zero-order valence-electron chi connectivity index (χ0n) is 12.4. The number of halogens is 1. The maximum absolute atomic E-state index is 12.4. The second-order valence-electron chi connectivity index (χ2n) is 5.46. The lowest BCUT2D eigenvalue weighted by molar-refractivity contribution is -0.133. The summed E-state index contributed by atoms with van der Waals surface area (Å²) in [6, 6.07) is 7.12. The first kappa shape index (κ1) is 15.9. The van der Waals surface area contributed by atoms with E-state index in [1.165, 1.54) is 15.8 Å². The number of carbonyl (C=O) groups excluding carboxylic acids is 1. The van der Waals surface area contributed by atoms with E-state index in [9.17, 15) is 13.2 Å². The molecule has 0 saturated carbocycles. The van der Waals surface area contributed by atoms with Crippen LogP contribution in [-0.4, -0.2) is 52.3 Å². The smallest absolute Gasteiger partial charge is 0.249 e. The van der Waals surface area contributed by atoms with E-state index in [4.69, 9.17) is 11.6 Å². The summed E-state index contributed by atoms with van der Waals surface area (Å²) in [5.41, 5.74) is 0.735. The topological polar surface area (TPSA) is 85.2 Å². The van der Waals surface area contributed by atoms with E-state index in [1.807, 2.05) is 6.07 Å². The monoisotopic (exact) mass is 354 g/mol. The molecular weight excluding hydrogens is 340 g/mol. The number of benzene rings is 1. The standard InChI is InChI=1S/C14H15ClN4O3S/c1-18-9-16-17-14(18)23(21,22)11-7-19(8-11)13(20)6-10-4-2-3-5-12(10)15/h2-5,9,11H,6-8H2,1H3. The maximum atomic E-state index is 12.4. The van der Waals surface area contributed by atoms with Crippen LogP contribution in [0.1, 0.15) is 5.56 Å². The highest BCUT2D eigenvalue weighted by atomic mass is 35.5. The van der Waals surface area contributed by atoms with Gasteiger partial charge in [0.2, 0.25) is 20.9 Å². The number of aryl methyl sites for hydroxylation is 1. The van der Waals surface area contributed by atoms with Crippen molar-refractivity contribution in [2.45, 2.75) is 16.8 Å². The summed E-state index contributed by atoms with van der Waals surface area (Å²) >= 11 is 6.04. The summed E-state index contributed by atoms with van der Waals surface area (Å²) < 4.78 is 26.2. The number of aromatic nitrogens is 3. The molecule has 0 aliphatic carbocycles. The number of carbonyl (C=O) groups is 1. The van der Waals surface area contributed by atoms with Crippen molar-refractivity contribution in [1.29, 1.82) is 0 Å². The number of rotatable bonds is 4. The van der Waals surface area contributed by atoms with E-state index >= 15 is 0 Å². The van der Waals surface area contributed by atoms with Crippen LogP contribution < -0.4 is 0 Å². The zero-order valence-corrected chi connectivity index (χ0v) is 14.0. The van der Waals surface area contributed by atoms with Crippen LogP contribution in [-0.2, 0) is 28.1 Å². The molecule has 1 aliphatic heterocycles. The third-order valence-electron chi connectivity index (χ3n) is 3.86. The SMILES string of the molecule is Cn1cnnc1S(=O)(=O)C1CN(C(=O)Cc2ccccc2Cl)C1. The highest BCUT2D eigenvalue weighted by Crippen LogP contribution is 2.24. The first-order valence-corrected chi connectivity index (χ1v) is 8.91. The van der Waals surface area contributed by atoms with Gasteiger partial charge in [0.05, 0.1) is 6.42 Å². The van der Waals surface area contributed by atoms with Gasteiger partial charge in [0, 0.05) is 25.2 Å². The van der Waals surface area contributed by atoms with Gasteiger partial charge in [0.15, 0.2) is 0 Å². The van der Waals surface area contributed by atoms with Crippen molar-refractivity contribution >= 4 is 27.3 Å². The van der Waals surface area contributed by atoms with Gasteiger partial charge in [-0.15, -0.1) is 10.2 Å². The second-order valence-corrected chi connectivity index (χ2v) is 7.99. The highest BCUT2D eigenvalue weighted by molar-refractivity contribution is 7.92. The number of likely N-dealkylation sites (tertiary alicyclic amines) is 1. The summed E-state index contributed by atoms with van der Waals surface area (Å²) in [4.78, 5) is 13.7. The van der Waals surface area contributed by atoms with Gasteiger partial charge >= 0.3 is 0 Å². The summed E-state index contributed by atoms with van der Waals surface area (Å²) in [7, 11) is -1.99. The van der Waals surface area contributed by atoms with Gasteiger partial charge in [-0.25, -0.2) is 8.42 Å². The molecule has 0 spiro atoms. The predicted molar refractivity (Wildman–Crippen MR) is 83.7 cm³/mol. The van der Waals surface area contributed by atoms with Gasteiger partial charge in [-0.05, 0) is 11.6 Å². The van der Waals surface area contributed by atoms with E-state index in [2.05, 4.69) is 10.2 Å². The molecule has 2 heterocycles. The molecule has 1 aromatic heterocycles. The minimum Gasteiger partial charge on any atom is -0.340 e. The lowest BCUT2D eigenvalue weighted by Crippen LogP contribution is -2.57. The van der Waals surface area contributed by atoms with Crippen LogP contribution in [0.15, 0.2) is 35.7 Å². The molecule has 0 N–H and O–H groups in total. The van der Waals surface area contributed by atoms with E-state index in [-0.39, 0.29) is 30.6 Å². The van der Waals surface area contributed by atoms with Crippen molar-refractivity contribution in [1.82, 2.24) is 19.7 Å². The van der Waals surface area contributed by atoms with Gasteiger partial charge in [-0.2, -0.15) is 0 Å². The molecule has 0 unspecified atom stereocenters. The van der Waals surface area contributed by atoms with Crippen LogP contribution in [0.2, 0.25) is 5.02 Å². The Labute approximate surface area is 138 Å². The van der Waals surface area contributed by atoms with Crippen molar-refractivity contribution in [2.75, 3.05) is 13.1 Å². The second kappa shape index (κ2) is 5.93. The van der Waals surface area contributed by atoms with Gasteiger partial charge in [-0.3, -0.25) is 4.79 Å². The van der Waals surface area contributed by atoms with E-state index in [0.717, 1.165) is 5.56 Å². The third-order valence-corrected chi connectivity index (χ3v) is 6.29. The molecule has 1 fully saturated rings. The van der Waals surface area contributed by atoms with Crippen molar-refractivity contribution < 1.29 is 13.2 Å². The molecule has 1 aromatic carbocycles. The maximum Gasteiger partial charge on any atom is 0.249 e. The summed E-state index contributed by atoms with van der Waals surface area (Å²) in [5.74, 6) is -0.137. The number of nitrogens with zero attached hydrogens (tertiary/aromatic N) is 4. The fourth-order valence-corrected chi connectivity index (χ4v) is 4.30. The van der Waals surface area contributed by atoms with E-state index in [0.29, 0.717) is 5.02 Å². The third kappa shape index (κ3) is 2.96. The summed E-state index contributed by atoms with van der Waals surface area (Å²) in [6.45, 7) is 0.330. The Morgan fingerprint density at radius 3 is 2.65 bits per heavy atom. The Morgan fingerprint density at radius 1 is 1.35 bits per heavy atom. The molecule has 1 aliphatic rings. The fourth-order valence-electron chi connectivity index (χ4n) is 2.43. The van der Waals surface area contributed by atoms with Gasteiger partial charge < -0.3 is 9.47 Å². The van der Waals surface area contributed by atoms with Crippen molar-refractivity contribution in [3.05, 3.63) is 41.2 Å². The minimum atomic E-state index is -3.57. The molecule has 9 heteroatoms. The zero-order chi connectivity index (χ0) is 16.6. The lowest BCUT2D eigenvalue weighted by Gasteiger charge is -2.38. The predicted octanol–water partition coefficient (Wildman–Crippen LogP) is 0.696. The number of amides is 1. The first-order chi connectivity index (χ1) is 10.9. The van der Waals surface area contributed by atoms with E-state index in [1.54, 1.807) is 25.2 Å². The summed E-state index contributed by atoms with van der Waals surface area (Å²) in [6.07, 6.45) is 1.50. The number of hydrogen-bond acceptors (Lipinski definition) is 5. The van der Waals surface area contributed by atoms with Gasteiger partial charge in [0.25, 0.3) is 0 Å². The van der Waals surface area contributed by atoms with Crippen LogP contribution in [0.5, 0.6) is 0 Å². The molecule has 0 atom stereocenters. The molecule has 0 bridgehead atoms. The largest absolute Gasteiger partial charge is 0.340 e. The van der Waals surface area contributed by atoms with Gasteiger partial charge in [0.1, 0.15) is 11.6 Å². The van der Waals surface area contributed by atoms with E-state index < -0.39 is 15.1 Å². The first-order valence-electron chi connectivity index (χ1n) is 6.98. The van der Waals surface area contributed by atoms with Crippen LogP contribution >= 0.6 is 11.6 Å². The Balaban J connectivity index is 1.64. The van der Waals surface area contributed by atoms with Gasteiger partial charge in [-0.1, -0.05) is 29.8 Å². The van der Waals surface area contributed by atoms with Crippen LogP contribution in [0.25, 0.3) is 0 Å². The number of sulfone groups is 1. The van der Waals surface area contributed by atoms with Crippen molar-refractivity contribution in [3.8, 4) is 0 Å². The highest BCUT2D eigenvalue weighted by Gasteiger charge is 2.42. The molecule has 23 heavy (non-hydrogen) atoms. The Morgan fingerprint density at radius 2 is 2.04 bits per heavy atom. The quantitative estimate of drug-likeness (QED) is 0.806. The molecule has 7 nitrogen and oxygen atoms in total. The molecule has 1 saturated heterocycles. The van der Waals surface area contributed by atoms with Crippen molar-refractivity contribution in [3.63, 3.8) is 0 Å². The molecule has 1 amide bonds. The summed E-state index contributed by atoms with van der Waals surface area (Å²) in [5, 5.41) is 7.06. The Kier molecular flexibility index (Phi) is 4.11. The molecule has 122 valence electrons. The Hall–Kier alpha value is -1.93. The van der Waals surface area contributed by atoms with Crippen LogP contribution in [0, 0.1) is 0 Å². The lowest BCUT2D eigenvalue weighted by atomic mass is 10.1.